The molecule has 3 aromatic rings. The van der Waals surface area contributed by atoms with Gasteiger partial charge in [0.1, 0.15) is 29.6 Å². The van der Waals surface area contributed by atoms with Gasteiger partial charge >= 0.3 is 6.09 Å². The van der Waals surface area contributed by atoms with E-state index in [0.717, 1.165) is 18.4 Å². The molecule has 0 N–H and O–H groups in total. The Morgan fingerprint density at radius 2 is 1.97 bits per heavy atom. The van der Waals surface area contributed by atoms with Crippen molar-refractivity contribution in [3.05, 3.63) is 52.4 Å². The molecule has 6 rings (SSSR count). The van der Waals surface area contributed by atoms with Crippen molar-refractivity contribution in [2.24, 2.45) is 0 Å². The molecule has 2 fully saturated rings. The highest BCUT2D eigenvalue weighted by atomic mass is 35.5. The van der Waals surface area contributed by atoms with Gasteiger partial charge in [0.25, 0.3) is 0 Å². The van der Waals surface area contributed by atoms with Crippen LogP contribution in [0.3, 0.4) is 0 Å². The molecule has 1 aromatic carbocycles. The van der Waals surface area contributed by atoms with Gasteiger partial charge in [-0.3, -0.25) is 4.90 Å². The molecule has 2 bridgehead atoms. The number of carbonyl (C=O) groups is 1. The summed E-state index contributed by atoms with van der Waals surface area (Å²) in [6.45, 7) is 1.20. The molecular weight excluding hydrogens is 453 g/mol. The van der Waals surface area contributed by atoms with Gasteiger partial charge in [-0.25, -0.2) is 14.8 Å². The first kappa shape index (κ1) is 19.8. The monoisotopic (exact) mass is 471 g/mol. The molecule has 3 aliphatic rings. The minimum atomic E-state index is -0.296. The minimum Gasteiger partial charge on any atom is -0.475 e. The number of fused-ring (bicyclic) bond motifs is 5. The SMILES string of the molecule is O=C(OCc1ccccc1)N1[C@@H]2CC[C@H]1[C@H]1COc3nc(Cl)cc4nc(Cl)nc(c34)N1C2. The second-order valence-corrected chi connectivity index (χ2v) is 8.96. The fourth-order valence-electron chi connectivity index (χ4n) is 5.08. The van der Waals surface area contributed by atoms with E-state index in [-0.39, 0.29) is 41.3 Å². The van der Waals surface area contributed by atoms with E-state index in [1.54, 1.807) is 6.07 Å². The fourth-order valence-corrected chi connectivity index (χ4v) is 5.44. The quantitative estimate of drug-likeness (QED) is 0.411. The van der Waals surface area contributed by atoms with E-state index >= 15 is 0 Å². The van der Waals surface area contributed by atoms with Crippen LogP contribution in [0.1, 0.15) is 18.4 Å². The molecule has 8 nitrogen and oxygen atoms in total. The van der Waals surface area contributed by atoms with Crippen molar-refractivity contribution in [1.82, 2.24) is 19.9 Å². The van der Waals surface area contributed by atoms with Crippen molar-refractivity contribution in [3.63, 3.8) is 0 Å². The zero-order valence-electron chi connectivity index (χ0n) is 16.9. The molecule has 164 valence electrons. The van der Waals surface area contributed by atoms with Gasteiger partial charge in [0.2, 0.25) is 11.2 Å². The molecule has 2 saturated heterocycles. The maximum Gasteiger partial charge on any atom is 0.410 e. The second-order valence-electron chi connectivity index (χ2n) is 8.24. The van der Waals surface area contributed by atoms with Gasteiger partial charge in [-0.05, 0) is 30.0 Å². The third-order valence-corrected chi connectivity index (χ3v) is 6.81. The normalized spacial score (nSPS) is 23.5. The van der Waals surface area contributed by atoms with Crippen molar-refractivity contribution < 1.29 is 14.3 Å². The molecule has 3 atom stereocenters. The van der Waals surface area contributed by atoms with Crippen molar-refractivity contribution in [2.45, 2.75) is 37.6 Å². The summed E-state index contributed by atoms with van der Waals surface area (Å²) in [7, 11) is 0. The van der Waals surface area contributed by atoms with Crippen molar-refractivity contribution in [1.29, 1.82) is 0 Å². The smallest absolute Gasteiger partial charge is 0.410 e. The van der Waals surface area contributed by atoms with Gasteiger partial charge in [0, 0.05) is 12.6 Å². The Morgan fingerprint density at radius 3 is 2.81 bits per heavy atom. The predicted molar refractivity (Wildman–Crippen MR) is 119 cm³/mol. The van der Waals surface area contributed by atoms with Gasteiger partial charge in [-0.15, -0.1) is 0 Å². The molecule has 3 aliphatic heterocycles. The predicted octanol–water partition coefficient (Wildman–Crippen LogP) is 4.08. The molecule has 10 heteroatoms. The number of benzene rings is 1. The highest BCUT2D eigenvalue weighted by molar-refractivity contribution is 6.31. The van der Waals surface area contributed by atoms with Crippen LogP contribution in [0.25, 0.3) is 10.9 Å². The molecular formula is C22H19Cl2N5O3. The molecule has 0 unspecified atom stereocenters. The maximum atomic E-state index is 13.1. The van der Waals surface area contributed by atoms with E-state index in [1.807, 2.05) is 35.2 Å². The number of piperazine rings is 1. The van der Waals surface area contributed by atoms with E-state index in [1.165, 1.54) is 0 Å². The van der Waals surface area contributed by atoms with Crippen molar-refractivity contribution in [3.8, 4) is 5.88 Å². The number of anilines is 1. The number of hydrogen-bond donors (Lipinski definition) is 0. The Labute approximate surface area is 194 Å². The summed E-state index contributed by atoms with van der Waals surface area (Å²) in [4.78, 5) is 30.3. The third-order valence-electron chi connectivity index (χ3n) is 6.45. The van der Waals surface area contributed by atoms with Crippen LogP contribution in [0, 0.1) is 0 Å². The number of nitrogens with zero attached hydrogens (tertiary/aromatic N) is 5. The first-order valence-corrected chi connectivity index (χ1v) is 11.3. The Hall–Kier alpha value is -2.84. The largest absolute Gasteiger partial charge is 0.475 e. The van der Waals surface area contributed by atoms with Crippen LogP contribution in [0.15, 0.2) is 36.4 Å². The lowest BCUT2D eigenvalue weighted by Crippen LogP contribution is -2.63. The maximum absolute atomic E-state index is 13.1. The van der Waals surface area contributed by atoms with Gasteiger partial charge in [-0.2, -0.15) is 4.98 Å². The summed E-state index contributed by atoms with van der Waals surface area (Å²) < 4.78 is 11.7. The number of pyridine rings is 1. The van der Waals surface area contributed by atoms with E-state index < -0.39 is 0 Å². The van der Waals surface area contributed by atoms with Crippen LogP contribution in [0.2, 0.25) is 10.4 Å². The van der Waals surface area contributed by atoms with Crippen LogP contribution in [-0.2, 0) is 11.3 Å². The van der Waals surface area contributed by atoms with E-state index in [0.29, 0.717) is 35.8 Å². The Kier molecular flexibility index (Phi) is 4.73. The van der Waals surface area contributed by atoms with Gasteiger partial charge in [0.15, 0.2) is 0 Å². The number of halogens is 2. The molecule has 5 heterocycles. The Bertz CT molecular complexity index is 1210. The number of carbonyl (C=O) groups excluding carboxylic acids is 1. The third kappa shape index (κ3) is 3.20. The van der Waals surface area contributed by atoms with E-state index in [9.17, 15) is 4.79 Å². The standard InChI is InChI=1S/C22H19Cl2N5O3/c23-17-8-14-18-19(27-21(24)25-14)28-9-13-6-7-15(16(28)11-31-20(18)26-17)29(13)22(30)32-10-12-4-2-1-3-5-12/h1-5,8,13,15-16H,6-7,9-11H2/t13-,15+,16-/m1/s1. The van der Waals surface area contributed by atoms with Crippen LogP contribution in [-0.4, -0.2) is 57.2 Å². The summed E-state index contributed by atoms with van der Waals surface area (Å²) in [6.07, 6.45) is 1.46. The summed E-state index contributed by atoms with van der Waals surface area (Å²) in [5.41, 5.74) is 1.55. The average molecular weight is 472 g/mol. The highest BCUT2D eigenvalue weighted by Crippen LogP contribution is 2.43. The number of aromatic nitrogens is 3. The Balaban J connectivity index is 1.32. The number of amides is 1. The first-order valence-electron chi connectivity index (χ1n) is 10.5. The lowest BCUT2D eigenvalue weighted by atomic mass is 10.0. The number of rotatable bonds is 2. The summed E-state index contributed by atoms with van der Waals surface area (Å²) in [6, 6.07) is 11.2. The van der Waals surface area contributed by atoms with Crippen LogP contribution >= 0.6 is 23.2 Å². The molecule has 0 saturated carbocycles. The fraction of sp³-hybridized carbons (Fsp3) is 0.364. The molecule has 0 spiro atoms. The van der Waals surface area contributed by atoms with Gasteiger partial charge in [-0.1, -0.05) is 41.9 Å². The highest BCUT2D eigenvalue weighted by Gasteiger charge is 2.51. The first-order chi connectivity index (χ1) is 15.6. The summed E-state index contributed by atoms with van der Waals surface area (Å²) >= 11 is 12.4. The molecule has 0 radical (unpaired) electrons. The number of hydrogen-bond acceptors (Lipinski definition) is 7. The van der Waals surface area contributed by atoms with Crippen LogP contribution in [0.4, 0.5) is 10.6 Å². The zero-order chi connectivity index (χ0) is 21.8. The van der Waals surface area contributed by atoms with Crippen molar-refractivity contribution >= 4 is 46.0 Å². The molecule has 32 heavy (non-hydrogen) atoms. The van der Waals surface area contributed by atoms with Crippen molar-refractivity contribution in [2.75, 3.05) is 18.1 Å². The molecule has 1 amide bonds. The van der Waals surface area contributed by atoms with E-state index in [4.69, 9.17) is 32.7 Å². The van der Waals surface area contributed by atoms with E-state index in [2.05, 4.69) is 19.9 Å². The summed E-state index contributed by atoms with van der Waals surface area (Å²) in [5.74, 6) is 1.07. The van der Waals surface area contributed by atoms with Gasteiger partial charge < -0.3 is 14.4 Å². The molecule has 0 aliphatic carbocycles. The number of ether oxygens (including phenoxy) is 2. The second kappa shape index (κ2) is 7.64. The Morgan fingerprint density at radius 1 is 1.12 bits per heavy atom. The molecule has 2 aromatic heterocycles. The summed E-state index contributed by atoms with van der Waals surface area (Å²) in [5, 5.41) is 1.11. The lowest BCUT2D eigenvalue weighted by Gasteiger charge is -2.45. The topological polar surface area (TPSA) is 80.7 Å². The minimum absolute atomic E-state index is 0.0186. The van der Waals surface area contributed by atoms with Gasteiger partial charge in [0.05, 0.1) is 23.6 Å². The van der Waals surface area contributed by atoms with Crippen LogP contribution in [0.5, 0.6) is 5.88 Å². The van der Waals surface area contributed by atoms with Crippen LogP contribution < -0.4 is 9.64 Å². The lowest BCUT2D eigenvalue weighted by molar-refractivity contribution is 0.0583. The average Bonchev–Trinajstić information content (AvgIpc) is 3.02. The zero-order valence-corrected chi connectivity index (χ0v) is 18.5.